The zero-order chi connectivity index (χ0) is 24.9. The maximum absolute atomic E-state index is 14.3. The van der Waals surface area contributed by atoms with Gasteiger partial charge in [-0.3, -0.25) is 4.98 Å². The standard InChI is InChI=1S/C27H30FN5O3/c1-17-26-23(32-27(29)31-17)13-19(14-24(26)33-36-12-11-35-25-6-2-3-10-34-25)21-8-7-20(28)15-22(21)18-5-4-9-30-16-18/h4-5,7-9,15-16,19,25H,2-3,6,10-14H2,1H3,(H2,29,31,32)/b33-24+/t19-,25?/m1/s1. The van der Waals surface area contributed by atoms with Gasteiger partial charge in [-0.1, -0.05) is 17.3 Å². The van der Waals surface area contributed by atoms with Gasteiger partial charge in [0.25, 0.3) is 0 Å². The minimum Gasteiger partial charge on any atom is -0.393 e. The molecular weight excluding hydrogens is 461 g/mol. The van der Waals surface area contributed by atoms with Crippen LogP contribution in [0.4, 0.5) is 10.3 Å². The molecule has 2 N–H and O–H groups in total. The predicted octanol–water partition coefficient (Wildman–Crippen LogP) is 4.56. The average Bonchev–Trinajstić information content (AvgIpc) is 2.89. The molecule has 0 saturated carbocycles. The van der Waals surface area contributed by atoms with Gasteiger partial charge in [0, 0.05) is 36.5 Å². The number of aryl methyl sites for hydroxylation is 1. The van der Waals surface area contributed by atoms with Crippen molar-refractivity contribution in [3.8, 4) is 11.1 Å². The zero-order valence-electron chi connectivity index (χ0n) is 20.3. The number of hydrogen-bond acceptors (Lipinski definition) is 8. The number of rotatable bonds is 7. The van der Waals surface area contributed by atoms with Crippen molar-refractivity contribution >= 4 is 11.7 Å². The van der Waals surface area contributed by atoms with E-state index in [0.29, 0.717) is 26.1 Å². The second-order valence-corrected chi connectivity index (χ2v) is 9.11. The highest BCUT2D eigenvalue weighted by atomic mass is 19.1. The number of nitrogens with zero attached hydrogens (tertiary/aromatic N) is 4. The molecule has 188 valence electrons. The van der Waals surface area contributed by atoms with E-state index in [-0.39, 0.29) is 24.0 Å². The van der Waals surface area contributed by atoms with E-state index < -0.39 is 0 Å². The van der Waals surface area contributed by atoms with Gasteiger partial charge in [-0.25, -0.2) is 14.4 Å². The third-order valence-corrected chi connectivity index (χ3v) is 6.57. The van der Waals surface area contributed by atoms with Gasteiger partial charge in [0.1, 0.15) is 12.4 Å². The molecule has 0 bridgehead atoms. The van der Waals surface area contributed by atoms with Crippen LogP contribution in [0.2, 0.25) is 0 Å². The summed E-state index contributed by atoms with van der Waals surface area (Å²) in [6.07, 6.45) is 7.58. The van der Waals surface area contributed by atoms with E-state index >= 15 is 0 Å². The maximum Gasteiger partial charge on any atom is 0.220 e. The first-order valence-electron chi connectivity index (χ1n) is 12.3. The third-order valence-electron chi connectivity index (χ3n) is 6.57. The predicted molar refractivity (Wildman–Crippen MR) is 134 cm³/mol. The molecule has 1 aromatic carbocycles. The van der Waals surface area contributed by atoms with Crippen LogP contribution >= 0.6 is 0 Å². The lowest BCUT2D eigenvalue weighted by Gasteiger charge is -2.28. The molecule has 1 unspecified atom stereocenters. The molecule has 2 aromatic heterocycles. The van der Waals surface area contributed by atoms with Gasteiger partial charge in [-0.2, -0.15) is 0 Å². The summed E-state index contributed by atoms with van der Waals surface area (Å²) < 4.78 is 25.6. The number of halogens is 1. The number of oxime groups is 1. The molecule has 2 aliphatic rings. The number of anilines is 1. The molecule has 8 nitrogen and oxygen atoms in total. The molecule has 0 spiro atoms. The molecule has 2 atom stereocenters. The van der Waals surface area contributed by atoms with Crippen LogP contribution in [0.3, 0.4) is 0 Å². The number of fused-ring (bicyclic) bond motifs is 1. The van der Waals surface area contributed by atoms with Crippen molar-refractivity contribution in [1.82, 2.24) is 15.0 Å². The normalized spacial score (nSPS) is 20.8. The lowest BCUT2D eigenvalue weighted by Crippen LogP contribution is -2.25. The van der Waals surface area contributed by atoms with Crippen molar-refractivity contribution in [2.45, 2.75) is 51.2 Å². The summed E-state index contributed by atoms with van der Waals surface area (Å²) in [7, 11) is 0. The first kappa shape index (κ1) is 24.3. The summed E-state index contributed by atoms with van der Waals surface area (Å²) in [5.74, 6) is -0.0775. The Morgan fingerprint density at radius 3 is 2.89 bits per heavy atom. The summed E-state index contributed by atoms with van der Waals surface area (Å²) in [5.41, 5.74) is 11.8. The summed E-state index contributed by atoms with van der Waals surface area (Å²) in [5, 5.41) is 4.48. The molecule has 0 amide bonds. The Morgan fingerprint density at radius 1 is 1.17 bits per heavy atom. The van der Waals surface area contributed by atoms with Crippen LogP contribution in [0.15, 0.2) is 47.9 Å². The van der Waals surface area contributed by atoms with Crippen molar-refractivity contribution in [2.75, 3.05) is 25.6 Å². The highest BCUT2D eigenvalue weighted by Gasteiger charge is 2.30. The number of hydrogen-bond donors (Lipinski definition) is 1. The van der Waals surface area contributed by atoms with Gasteiger partial charge in [0.05, 0.1) is 23.7 Å². The van der Waals surface area contributed by atoms with Crippen molar-refractivity contribution < 1.29 is 18.7 Å². The molecule has 5 rings (SSSR count). The van der Waals surface area contributed by atoms with Crippen LogP contribution in [0, 0.1) is 12.7 Å². The Kier molecular flexibility index (Phi) is 7.48. The summed E-state index contributed by atoms with van der Waals surface area (Å²) in [6.45, 7) is 3.32. The van der Waals surface area contributed by atoms with Gasteiger partial charge < -0.3 is 20.0 Å². The third kappa shape index (κ3) is 5.52. The SMILES string of the molecule is Cc1nc(N)nc2c1/C(=N/OCCOC1CCCCO1)C[C@H](c1ccc(F)cc1-c1cccnc1)C2. The highest BCUT2D eigenvalue weighted by Crippen LogP contribution is 2.38. The topological polar surface area (TPSA) is 105 Å². The minimum atomic E-state index is -0.296. The molecule has 3 aromatic rings. The first-order chi connectivity index (χ1) is 17.6. The number of pyridine rings is 1. The fourth-order valence-corrected chi connectivity index (χ4v) is 4.96. The minimum absolute atomic E-state index is 0.00348. The number of ether oxygens (including phenoxy) is 2. The average molecular weight is 492 g/mol. The summed E-state index contributed by atoms with van der Waals surface area (Å²) in [6, 6.07) is 8.65. The second-order valence-electron chi connectivity index (χ2n) is 9.11. The molecule has 1 saturated heterocycles. The lowest BCUT2D eigenvalue weighted by atomic mass is 9.78. The molecule has 36 heavy (non-hydrogen) atoms. The number of aromatic nitrogens is 3. The Labute approximate surface area is 209 Å². The van der Waals surface area contributed by atoms with E-state index in [0.717, 1.165) is 65.2 Å². The quantitative estimate of drug-likeness (QED) is 0.381. The largest absolute Gasteiger partial charge is 0.393 e. The fourth-order valence-electron chi connectivity index (χ4n) is 4.96. The van der Waals surface area contributed by atoms with Crippen molar-refractivity contribution in [3.63, 3.8) is 0 Å². The van der Waals surface area contributed by atoms with Crippen molar-refractivity contribution in [2.24, 2.45) is 5.16 Å². The van der Waals surface area contributed by atoms with Crippen LogP contribution in [0.5, 0.6) is 0 Å². The van der Waals surface area contributed by atoms with Crippen LogP contribution in [-0.2, 0) is 20.7 Å². The summed E-state index contributed by atoms with van der Waals surface area (Å²) in [4.78, 5) is 18.8. The van der Waals surface area contributed by atoms with Gasteiger partial charge in [-0.15, -0.1) is 0 Å². The van der Waals surface area contributed by atoms with E-state index in [2.05, 4.69) is 20.1 Å². The lowest BCUT2D eigenvalue weighted by molar-refractivity contribution is -0.169. The van der Waals surface area contributed by atoms with Gasteiger partial charge in [0.15, 0.2) is 6.29 Å². The molecule has 1 aliphatic heterocycles. The zero-order valence-corrected chi connectivity index (χ0v) is 20.3. The maximum atomic E-state index is 14.3. The smallest absolute Gasteiger partial charge is 0.220 e. The van der Waals surface area contributed by atoms with E-state index in [1.807, 2.05) is 25.1 Å². The van der Waals surface area contributed by atoms with E-state index in [1.54, 1.807) is 18.5 Å². The van der Waals surface area contributed by atoms with Gasteiger partial charge in [-0.05, 0) is 67.9 Å². The Hall–Kier alpha value is -3.43. The van der Waals surface area contributed by atoms with Crippen LogP contribution in [-0.4, -0.2) is 46.8 Å². The van der Waals surface area contributed by atoms with Crippen molar-refractivity contribution in [1.29, 1.82) is 0 Å². The molecule has 3 heterocycles. The summed E-state index contributed by atoms with van der Waals surface area (Å²) >= 11 is 0. The Balaban J connectivity index is 1.40. The van der Waals surface area contributed by atoms with E-state index in [9.17, 15) is 4.39 Å². The molecule has 1 aliphatic carbocycles. The monoisotopic (exact) mass is 491 g/mol. The molecular formula is C27H30FN5O3. The first-order valence-corrected chi connectivity index (χ1v) is 12.3. The van der Waals surface area contributed by atoms with Crippen LogP contribution in [0.25, 0.3) is 11.1 Å². The van der Waals surface area contributed by atoms with Crippen molar-refractivity contribution in [3.05, 3.63) is 71.1 Å². The van der Waals surface area contributed by atoms with Crippen LogP contribution in [0.1, 0.15) is 54.1 Å². The number of nitrogens with two attached hydrogens (primary N) is 1. The Bertz CT molecular complexity index is 1230. The van der Waals surface area contributed by atoms with Gasteiger partial charge >= 0.3 is 0 Å². The fraction of sp³-hybridized carbons (Fsp3) is 0.407. The second kappa shape index (κ2) is 11.1. The Morgan fingerprint density at radius 2 is 2.08 bits per heavy atom. The highest BCUT2D eigenvalue weighted by molar-refractivity contribution is 6.03. The van der Waals surface area contributed by atoms with Crippen LogP contribution < -0.4 is 5.73 Å². The number of benzene rings is 1. The molecule has 0 radical (unpaired) electrons. The van der Waals surface area contributed by atoms with E-state index in [1.165, 1.54) is 6.07 Å². The molecule has 1 fully saturated rings. The number of nitrogen functional groups attached to an aromatic ring is 1. The van der Waals surface area contributed by atoms with Gasteiger partial charge in [0.2, 0.25) is 5.95 Å². The van der Waals surface area contributed by atoms with E-state index in [4.69, 9.17) is 20.0 Å². The molecule has 9 heteroatoms.